The number of pyridine rings is 1. The van der Waals surface area contributed by atoms with Gasteiger partial charge in [0.2, 0.25) is 11.8 Å². The molecule has 3 heterocycles. The first-order valence-corrected chi connectivity index (χ1v) is 12.7. The molecule has 8 nitrogen and oxygen atoms in total. The van der Waals surface area contributed by atoms with Crippen LogP contribution >= 0.6 is 11.8 Å². The summed E-state index contributed by atoms with van der Waals surface area (Å²) < 4.78 is 1.91. The summed E-state index contributed by atoms with van der Waals surface area (Å²) in [6.45, 7) is 5.12. The van der Waals surface area contributed by atoms with E-state index in [2.05, 4.69) is 15.2 Å². The predicted molar refractivity (Wildman–Crippen MR) is 133 cm³/mol. The molecule has 2 amide bonds. The van der Waals surface area contributed by atoms with Crippen LogP contribution in [0.4, 0.5) is 5.69 Å². The summed E-state index contributed by atoms with van der Waals surface area (Å²) in [6.07, 6.45) is 7.02. The summed E-state index contributed by atoms with van der Waals surface area (Å²) in [5.74, 6) is 1.03. The minimum Gasteiger partial charge on any atom is -0.335 e. The Hall–Kier alpha value is -3.20. The molecule has 0 atom stereocenters. The van der Waals surface area contributed by atoms with Crippen molar-refractivity contribution < 1.29 is 9.59 Å². The van der Waals surface area contributed by atoms with E-state index >= 15 is 0 Å². The predicted octanol–water partition coefficient (Wildman–Crippen LogP) is 4.10. The summed E-state index contributed by atoms with van der Waals surface area (Å²) in [7, 11) is 0. The largest absolute Gasteiger partial charge is 0.335 e. The molecule has 1 aliphatic rings. The van der Waals surface area contributed by atoms with Crippen molar-refractivity contribution in [3.63, 3.8) is 0 Å². The second kappa shape index (κ2) is 11.3. The fourth-order valence-corrected chi connectivity index (χ4v) is 4.96. The number of amides is 2. The third kappa shape index (κ3) is 5.64. The van der Waals surface area contributed by atoms with E-state index in [1.807, 2.05) is 65.8 Å². The van der Waals surface area contributed by atoms with Gasteiger partial charge in [-0.1, -0.05) is 36.4 Å². The van der Waals surface area contributed by atoms with Gasteiger partial charge in [0.05, 0.1) is 24.2 Å². The number of nitrogens with zero attached hydrogens (tertiary/aromatic N) is 6. The number of hydrogen-bond donors (Lipinski definition) is 0. The van der Waals surface area contributed by atoms with Crippen LogP contribution in [0, 0.1) is 0 Å². The van der Waals surface area contributed by atoms with E-state index in [0.29, 0.717) is 23.9 Å². The first-order valence-electron chi connectivity index (χ1n) is 11.7. The molecule has 1 fully saturated rings. The van der Waals surface area contributed by atoms with Crippen LogP contribution in [0.1, 0.15) is 45.4 Å². The Morgan fingerprint density at radius 3 is 2.65 bits per heavy atom. The summed E-state index contributed by atoms with van der Waals surface area (Å²) in [5, 5.41) is 9.41. The molecule has 4 rings (SSSR count). The second-order valence-corrected chi connectivity index (χ2v) is 9.50. The molecular weight excluding hydrogens is 448 g/mol. The molecule has 9 heteroatoms. The van der Waals surface area contributed by atoms with Gasteiger partial charge < -0.3 is 9.80 Å². The van der Waals surface area contributed by atoms with Crippen molar-refractivity contribution in [2.75, 3.05) is 17.2 Å². The summed E-state index contributed by atoms with van der Waals surface area (Å²) in [4.78, 5) is 33.7. The van der Waals surface area contributed by atoms with Gasteiger partial charge in [0, 0.05) is 30.9 Å². The molecule has 3 aromatic rings. The normalized spacial score (nSPS) is 14.3. The van der Waals surface area contributed by atoms with Crippen molar-refractivity contribution in [2.24, 2.45) is 0 Å². The van der Waals surface area contributed by atoms with E-state index < -0.39 is 0 Å². The van der Waals surface area contributed by atoms with Crippen molar-refractivity contribution in [3.8, 4) is 5.69 Å². The highest BCUT2D eigenvalue weighted by Crippen LogP contribution is 2.25. The zero-order valence-corrected chi connectivity index (χ0v) is 20.4. The van der Waals surface area contributed by atoms with Crippen LogP contribution in [0.25, 0.3) is 5.69 Å². The molecule has 2 aromatic heterocycles. The number of carbonyl (C=O) groups is 2. The highest BCUT2D eigenvalue weighted by molar-refractivity contribution is 7.99. The Labute approximate surface area is 204 Å². The van der Waals surface area contributed by atoms with Gasteiger partial charge in [-0.2, -0.15) is 0 Å². The second-order valence-electron chi connectivity index (χ2n) is 8.55. The maximum absolute atomic E-state index is 13.2. The molecule has 0 bridgehead atoms. The maximum Gasteiger partial charge on any atom is 0.237 e. The van der Waals surface area contributed by atoms with E-state index in [-0.39, 0.29) is 23.6 Å². The standard InChI is InChI=1S/C25H30N6O2S/c1-19(2)30(20-10-5-3-6-11-20)24(33)18-34-25-28-27-22(31(25)21-12-9-14-26-16-21)17-29-15-8-4-7-13-23(29)32/h3,5-6,9-12,14,16,19H,4,7-8,13,15,17-18H2,1-2H3. The minimum absolute atomic E-state index is 0.00353. The van der Waals surface area contributed by atoms with Gasteiger partial charge in [0.25, 0.3) is 0 Å². The van der Waals surface area contributed by atoms with E-state index in [0.717, 1.165) is 37.2 Å². The summed E-state index contributed by atoms with van der Waals surface area (Å²) in [5.41, 5.74) is 1.68. The van der Waals surface area contributed by atoms with Gasteiger partial charge in [-0.25, -0.2) is 0 Å². The van der Waals surface area contributed by atoms with Crippen molar-refractivity contribution in [1.29, 1.82) is 0 Å². The SMILES string of the molecule is CC(C)N(C(=O)CSc1nnc(CN2CCCCCC2=O)n1-c1cccnc1)c1ccccc1. The van der Waals surface area contributed by atoms with E-state index in [1.54, 1.807) is 17.3 Å². The lowest BCUT2D eigenvalue weighted by Gasteiger charge is -2.26. The van der Waals surface area contributed by atoms with E-state index in [4.69, 9.17) is 0 Å². The summed E-state index contributed by atoms with van der Waals surface area (Å²) >= 11 is 1.35. The molecule has 0 aliphatic carbocycles. The van der Waals surface area contributed by atoms with Gasteiger partial charge in [-0.15, -0.1) is 10.2 Å². The van der Waals surface area contributed by atoms with Crippen molar-refractivity contribution >= 4 is 29.3 Å². The van der Waals surface area contributed by atoms with Gasteiger partial charge in [0.15, 0.2) is 11.0 Å². The minimum atomic E-state index is -0.00353. The number of carbonyl (C=O) groups excluding carboxylic acids is 2. The number of likely N-dealkylation sites (tertiary alicyclic amines) is 1. The molecule has 0 N–H and O–H groups in total. The number of anilines is 1. The van der Waals surface area contributed by atoms with Crippen LogP contribution in [-0.2, 0) is 16.1 Å². The molecule has 0 radical (unpaired) electrons. The topological polar surface area (TPSA) is 84.2 Å². The first-order chi connectivity index (χ1) is 16.5. The Kier molecular flexibility index (Phi) is 7.95. The average Bonchev–Trinajstić information content (AvgIpc) is 3.13. The third-order valence-electron chi connectivity index (χ3n) is 5.75. The lowest BCUT2D eigenvalue weighted by Crippen LogP contribution is -2.38. The molecular formula is C25H30N6O2S. The van der Waals surface area contributed by atoms with Gasteiger partial charge in [-0.3, -0.25) is 19.1 Å². The van der Waals surface area contributed by atoms with Crippen LogP contribution in [0.15, 0.2) is 60.0 Å². The fraction of sp³-hybridized carbons (Fsp3) is 0.400. The Bertz CT molecular complexity index is 1100. The van der Waals surface area contributed by atoms with Crippen LogP contribution < -0.4 is 4.90 Å². The van der Waals surface area contributed by atoms with E-state index in [9.17, 15) is 9.59 Å². The first kappa shape index (κ1) is 23.9. The highest BCUT2D eigenvalue weighted by Gasteiger charge is 2.24. The van der Waals surface area contributed by atoms with Gasteiger partial charge in [0.1, 0.15) is 0 Å². The average molecular weight is 479 g/mol. The Morgan fingerprint density at radius 1 is 1.09 bits per heavy atom. The molecule has 1 aromatic carbocycles. The molecule has 178 valence electrons. The fourth-order valence-electron chi connectivity index (χ4n) is 4.13. The van der Waals surface area contributed by atoms with Crippen molar-refractivity contribution in [2.45, 2.75) is 57.3 Å². The van der Waals surface area contributed by atoms with Crippen LogP contribution in [0.2, 0.25) is 0 Å². The van der Waals surface area contributed by atoms with Gasteiger partial charge >= 0.3 is 0 Å². The van der Waals surface area contributed by atoms with Gasteiger partial charge in [-0.05, 0) is 51.0 Å². The number of rotatable bonds is 8. The molecule has 0 spiro atoms. The maximum atomic E-state index is 13.2. The third-order valence-corrected chi connectivity index (χ3v) is 6.67. The quantitative estimate of drug-likeness (QED) is 0.453. The number of benzene rings is 1. The number of hydrogen-bond acceptors (Lipinski definition) is 6. The van der Waals surface area contributed by atoms with Crippen LogP contribution in [0.5, 0.6) is 0 Å². The zero-order chi connectivity index (χ0) is 23.9. The lowest BCUT2D eigenvalue weighted by molar-refractivity contribution is -0.131. The lowest BCUT2D eigenvalue weighted by atomic mass is 10.2. The zero-order valence-electron chi connectivity index (χ0n) is 19.6. The Balaban J connectivity index is 1.57. The molecule has 0 saturated carbocycles. The number of thioether (sulfide) groups is 1. The van der Waals surface area contributed by atoms with E-state index in [1.165, 1.54) is 11.8 Å². The van der Waals surface area contributed by atoms with Crippen molar-refractivity contribution in [3.05, 3.63) is 60.7 Å². The van der Waals surface area contributed by atoms with Crippen molar-refractivity contribution in [1.82, 2.24) is 24.6 Å². The molecule has 1 saturated heterocycles. The summed E-state index contributed by atoms with van der Waals surface area (Å²) in [6, 6.07) is 13.5. The monoisotopic (exact) mass is 478 g/mol. The molecule has 0 unspecified atom stereocenters. The smallest absolute Gasteiger partial charge is 0.237 e. The Morgan fingerprint density at radius 2 is 1.91 bits per heavy atom. The molecule has 1 aliphatic heterocycles. The molecule has 34 heavy (non-hydrogen) atoms. The number of para-hydroxylation sites is 1. The number of aromatic nitrogens is 4. The van der Waals surface area contributed by atoms with Crippen LogP contribution in [0.3, 0.4) is 0 Å². The van der Waals surface area contributed by atoms with Crippen LogP contribution in [-0.4, -0.2) is 54.8 Å². The highest BCUT2D eigenvalue weighted by atomic mass is 32.2.